The number of phosphoric ester groups is 2. The molecule has 4 N–H and O–H groups in total. The third-order valence-corrected chi connectivity index (χ3v) is 23.5. The van der Waals surface area contributed by atoms with Gasteiger partial charge in [-0.3, -0.25) is 32.5 Å². The van der Waals surface area contributed by atoms with Crippen LogP contribution in [0.1, 0.15) is 432 Å². The number of ether oxygens (including phenoxy) is 3. The first-order valence-corrected chi connectivity index (χ1v) is 54.1. The summed E-state index contributed by atoms with van der Waals surface area (Å²) >= 11 is 0. The van der Waals surface area contributed by atoms with Crippen molar-refractivity contribution in [3.05, 3.63) is 182 Å². The Morgan fingerprint density at radius 2 is 0.394 bits per heavy atom. The second-order valence-electron chi connectivity index (χ2n) is 33.8. The molecular formula is C109H186O16P2. The molecule has 0 aromatic rings. The van der Waals surface area contributed by atoms with Gasteiger partial charge in [0.15, 0.2) is 6.10 Å². The molecule has 16 nitrogen and oxygen atoms in total. The van der Waals surface area contributed by atoms with Crippen LogP contribution < -0.4 is 0 Å². The lowest BCUT2D eigenvalue weighted by atomic mass is 10.0. The van der Waals surface area contributed by atoms with Gasteiger partial charge in [-0.2, -0.15) is 0 Å². The smallest absolute Gasteiger partial charge is 0.463 e. The Kier molecular flexibility index (Phi) is 95.5. The molecule has 0 rings (SSSR count). The van der Waals surface area contributed by atoms with E-state index >= 15 is 0 Å². The molecule has 0 heterocycles. The van der Waals surface area contributed by atoms with E-state index < -0.39 is 91.5 Å². The van der Waals surface area contributed by atoms with Crippen LogP contribution in [0.3, 0.4) is 0 Å². The van der Waals surface area contributed by atoms with Crippen molar-refractivity contribution < 1.29 is 75.8 Å². The molecule has 0 saturated carbocycles. The molecule has 0 aromatic carbocycles. The summed E-state index contributed by atoms with van der Waals surface area (Å²) in [6.07, 6.45) is 132. The fourth-order valence-corrected chi connectivity index (χ4v) is 15.6. The van der Waals surface area contributed by atoms with Crippen LogP contribution in [0.2, 0.25) is 0 Å². The van der Waals surface area contributed by atoms with Gasteiger partial charge in [-0.25, -0.2) is 9.13 Å². The summed E-state index contributed by atoms with van der Waals surface area (Å²) in [5, 5.41) is 20.8. The van der Waals surface area contributed by atoms with Gasteiger partial charge in [-0.05, 0) is 154 Å². The highest BCUT2D eigenvalue weighted by molar-refractivity contribution is 7.47. The molecule has 0 saturated heterocycles. The molecule has 0 aliphatic carbocycles. The zero-order valence-corrected chi connectivity index (χ0v) is 82.4. The lowest BCUT2D eigenvalue weighted by molar-refractivity contribution is -0.161. The monoisotopic (exact) mass is 1810 g/mol. The first-order valence-electron chi connectivity index (χ1n) is 51.1. The Morgan fingerprint density at radius 3 is 0.622 bits per heavy atom. The number of esters is 3. The summed E-state index contributed by atoms with van der Waals surface area (Å²) in [5.74, 6) is -1.56. The van der Waals surface area contributed by atoms with Crippen molar-refractivity contribution in [1.29, 1.82) is 0 Å². The molecule has 0 spiro atoms. The van der Waals surface area contributed by atoms with Crippen molar-refractivity contribution in [1.82, 2.24) is 0 Å². The summed E-state index contributed by atoms with van der Waals surface area (Å²) in [6.45, 7) is 2.41. The Labute approximate surface area is 776 Å². The second kappa shape index (κ2) is 99.7. The lowest BCUT2D eigenvalue weighted by Crippen LogP contribution is -2.30. The van der Waals surface area contributed by atoms with Gasteiger partial charge in [0, 0.05) is 19.3 Å². The number of rotatable bonds is 96. The maximum atomic E-state index is 13.1. The molecule has 0 fully saturated rings. The van der Waals surface area contributed by atoms with Gasteiger partial charge in [0.1, 0.15) is 25.4 Å². The first kappa shape index (κ1) is 122. The predicted molar refractivity (Wildman–Crippen MR) is 537 cm³/mol. The number of carbonyl (C=O) groups is 3. The summed E-state index contributed by atoms with van der Waals surface area (Å²) < 4.78 is 61.7. The number of unbranched alkanes of at least 4 members (excludes halogenated alkanes) is 43. The first-order chi connectivity index (χ1) is 62.2. The van der Waals surface area contributed by atoms with Crippen LogP contribution in [0.25, 0.3) is 0 Å². The van der Waals surface area contributed by atoms with Gasteiger partial charge in [0.25, 0.3) is 0 Å². The molecule has 0 aliphatic heterocycles. The number of phosphoric acid groups is 2. The Hall–Kier alpha value is -5.35. The minimum Gasteiger partial charge on any atom is -0.463 e. The molecule has 0 bridgehead atoms. The molecule has 0 aliphatic rings. The van der Waals surface area contributed by atoms with Gasteiger partial charge in [-0.15, -0.1) is 0 Å². The Bertz CT molecular complexity index is 3040. The van der Waals surface area contributed by atoms with Crippen molar-refractivity contribution in [3.8, 4) is 0 Å². The van der Waals surface area contributed by atoms with E-state index in [9.17, 15) is 43.5 Å². The second-order valence-corrected chi connectivity index (χ2v) is 36.8. The third kappa shape index (κ3) is 101. The van der Waals surface area contributed by atoms with Crippen LogP contribution in [0.15, 0.2) is 182 Å². The van der Waals surface area contributed by atoms with Gasteiger partial charge in [0.05, 0.1) is 26.4 Å². The molecule has 5 atom stereocenters. The third-order valence-electron chi connectivity index (χ3n) is 21.6. The average molecular weight is 1810 g/mol. The van der Waals surface area contributed by atoms with Crippen molar-refractivity contribution in [2.75, 3.05) is 39.6 Å². The maximum Gasteiger partial charge on any atom is 0.472 e. The van der Waals surface area contributed by atoms with Gasteiger partial charge >= 0.3 is 33.6 Å². The number of hydrogen-bond acceptors (Lipinski definition) is 14. The number of aliphatic hydroxyl groups is 2. The van der Waals surface area contributed by atoms with Crippen LogP contribution in [0, 0.1) is 0 Å². The lowest BCUT2D eigenvalue weighted by Gasteiger charge is -2.21. The van der Waals surface area contributed by atoms with Gasteiger partial charge in [-0.1, -0.05) is 441 Å². The number of allylic oxidation sites excluding steroid dienone is 30. The quantitative estimate of drug-likeness (QED) is 0.0146. The van der Waals surface area contributed by atoms with Crippen LogP contribution >= 0.6 is 15.6 Å². The van der Waals surface area contributed by atoms with E-state index in [1.165, 1.54) is 193 Å². The van der Waals surface area contributed by atoms with E-state index in [0.717, 1.165) is 180 Å². The average Bonchev–Trinajstić information content (AvgIpc) is 0.898. The zero-order valence-electron chi connectivity index (χ0n) is 80.6. The highest BCUT2D eigenvalue weighted by Gasteiger charge is 2.30. The van der Waals surface area contributed by atoms with E-state index in [0.29, 0.717) is 19.3 Å². The highest BCUT2D eigenvalue weighted by Crippen LogP contribution is 2.45. The standard InChI is InChI=1S/C109H186O16P2/c1-4-7-10-13-16-19-22-25-28-31-34-37-40-43-46-48-49-50-51-52-53-55-58-59-62-65-68-71-74-77-80-83-86-89-92-95-107(112)119-98-104(110)99-121-126(115,116)122-100-105(111)101-123-127(117,118)124-103-106(125-109(114)97-94-91-88-85-82-79-76-73-70-67-64-61-56-45-42-39-36-33-30-27-24-21-18-15-12-9-6-3)102-120-108(113)96-93-90-87-84-81-78-75-72-69-66-63-60-57-54-47-44-41-38-35-32-29-26-23-20-17-14-11-8-5-2/h7-12,16-21,25-30,34-39,43-47,56,104-106,110-111H,4-6,13-15,22-24,31-33,40-42,48-55,57-103H2,1-3H3,(H,115,116)(H,117,118)/b10-7-,11-8-,12-9-,19-16-,20-17-,21-18-,28-25-,29-26-,30-27-,37-34-,38-35-,39-36-,46-43-,47-44-,56-45-. The molecule has 0 amide bonds. The van der Waals surface area contributed by atoms with Crippen molar-refractivity contribution in [2.24, 2.45) is 0 Å². The normalized spacial score (nSPS) is 14.4. The summed E-state index contributed by atoms with van der Waals surface area (Å²) in [7, 11) is -9.82. The van der Waals surface area contributed by atoms with E-state index in [4.69, 9.17) is 32.3 Å². The Morgan fingerprint density at radius 1 is 0.220 bits per heavy atom. The zero-order chi connectivity index (χ0) is 92.1. The number of hydrogen-bond donors (Lipinski definition) is 4. The molecule has 728 valence electrons. The van der Waals surface area contributed by atoms with Crippen molar-refractivity contribution in [2.45, 2.75) is 450 Å². The van der Waals surface area contributed by atoms with Gasteiger partial charge < -0.3 is 34.2 Å². The van der Waals surface area contributed by atoms with Crippen LogP contribution in [-0.4, -0.2) is 95.9 Å². The molecule has 0 radical (unpaired) electrons. The topological polar surface area (TPSA) is 231 Å². The maximum absolute atomic E-state index is 13.1. The van der Waals surface area contributed by atoms with Gasteiger partial charge in [0.2, 0.25) is 0 Å². The predicted octanol–water partition coefficient (Wildman–Crippen LogP) is 32.3. The fourth-order valence-electron chi connectivity index (χ4n) is 14.0. The minimum atomic E-state index is -4.95. The number of carbonyl (C=O) groups excluding carboxylic acids is 3. The number of aliphatic hydroxyl groups excluding tert-OH is 2. The summed E-state index contributed by atoms with van der Waals surface area (Å²) in [5.41, 5.74) is 0. The summed E-state index contributed by atoms with van der Waals surface area (Å²) in [4.78, 5) is 59.2. The largest absolute Gasteiger partial charge is 0.472 e. The highest BCUT2D eigenvalue weighted by atomic mass is 31.2. The molecular weight excluding hydrogens is 1630 g/mol. The molecule has 18 heteroatoms. The van der Waals surface area contributed by atoms with Crippen molar-refractivity contribution in [3.63, 3.8) is 0 Å². The molecule has 5 unspecified atom stereocenters. The van der Waals surface area contributed by atoms with Crippen LogP contribution in [0.5, 0.6) is 0 Å². The SMILES string of the molecule is CC/C=C\C/C=C\C/C=C\C/C=C\C/C=C\CCCCCCCCCCCCCCCCCCCCCC(=O)OCC(O)COP(=O)(O)OCC(O)COP(=O)(O)OCC(COC(=O)CCCCCCCCCCCCCCC/C=C\C/C=C\C/C=C\C/C=C\C/C=C\CC)OC(=O)CCCCCCCCCCCCC/C=C\C/C=C\C/C=C\C/C=C\C/C=C\CC. The minimum absolute atomic E-state index is 0.0966. The van der Waals surface area contributed by atoms with E-state index in [1.807, 2.05) is 0 Å². The fraction of sp³-hybridized carbons (Fsp3) is 0.697. The van der Waals surface area contributed by atoms with E-state index in [2.05, 4.69) is 203 Å². The van der Waals surface area contributed by atoms with E-state index in [-0.39, 0.29) is 19.3 Å². The van der Waals surface area contributed by atoms with Crippen LogP contribution in [0.4, 0.5) is 0 Å². The summed E-state index contributed by atoms with van der Waals surface area (Å²) in [6, 6.07) is 0. The molecule has 0 aromatic heterocycles. The van der Waals surface area contributed by atoms with E-state index in [1.54, 1.807) is 0 Å². The van der Waals surface area contributed by atoms with Crippen molar-refractivity contribution >= 4 is 33.6 Å². The molecule has 127 heavy (non-hydrogen) atoms. The van der Waals surface area contributed by atoms with Crippen LogP contribution in [-0.2, 0) is 55.8 Å². The Balaban J connectivity index is 4.58.